The average Bonchev–Trinajstić information content (AvgIpc) is 3.07. The number of nitrogens with one attached hydrogen (secondary N) is 2. The van der Waals surface area contributed by atoms with Crippen LogP contribution in [0.4, 0.5) is 14.5 Å². The van der Waals surface area contributed by atoms with Gasteiger partial charge in [-0.05, 0) is 42.8 Å². The standard InChI is InChI=1S/C21H16ClF2N3O3S/c1-2-7-31(29,30)27-17-6-4-15(23)18(19(17)24)20(28)11-3-5-16-13(8-11)14-9-12(22)10-25-21(14)26-16/h3-6,8-10,27H,2,7H2,1H3,(H,25,26). The van der Waals surface area contributed by atoms with Gasteiger partial charge in [0.05, 0.1) is 22.0 Å². The van der Waals surface area contributed by atoms with Gasteiger partial charge < -0.3 is 4.98 Å². The minimum atomic E-state index is -3.82. The zero-order valence-electron chi connectivity index (χ0n) is 16.2. The number of aromatic amines is 1. The van der Waals surface area contributed by atoms with Crippen LogP contribution in [0.5, 0.6) is 0 Å². The fourth-order valence-corrected chi connectivity index (χ4v) is 4.65. The van der Waals surface area contributed by atoms with Gasteiger partial charge in [0.1, 0.15) is 11.5 Å². The molecule has 0 aliphatic heterocycles. The van der Waals surface area contributed by atoms with E-state index in [9.17, 15) is 22.0 Å². The van der Waals surface area contributed by atoms with Crippen molar-refractivity contribution in [2.75, 3.05) is 10.5 Å². The molecule has 0 atom stereocenters. The highest BCUT2D eigenvalue weighted by Gasteiger charge is 2.24. The minimum absolute atomic E-state index is 0.0275. The molecule has 0 aliphatic carbocycles. The van der Waals surface area contributed by atoms with Crippen LogP contribution in [0.3, 0.4) is 0 Å². The lowest BCUT2D eigenvalue weighted by Crippen LogP contribution is -2.18. The SMILES string of the molecule is CCCS(=O)(=O)Nc1ccc(F)c(C(=O)c2ccc3[nH]c4ncc(Cl)cc4c3c2)c1F. The molecule has 31 heavy (non-hydrogen) atoms. The van der Waals surface area contributed by atoms with Crippen molar-refractivity contribution in [3.05, 3.63) is 70.4 Å². The van der Waals surface area contributed by atoms with E-state index in [-0.39, 0.29) is 11.3 Å². The third-order valence-electron chi connectivity index (χ3n) is 4.74. The molecule has 0 saturated carbocycles. The Bertz CT molecular complexity index is 1450. The van der Waals surface area contributed by atoms with Crippen LogP contribution in [0.25, 0.3) is 21.9 Å². The van der Waals surface area contributed by atoms with Gasteiger partial charge in [0.25, 0.3) is 0 Å². The molecule has 4 aromatic rings. The van der Waals surface area contributed by atoms with E-state index in [0.717, 1.165) is 12.1 Å². The van der Waals surface area contributed by atoms with Gasteiger partial charge in [-0.3, -0.25) is 9.52 Å². The predicted octanol–water partition coefficient (Wildman–Crippen LogP) is 5.03. The number of carbonyl (C=O) groups is 1. The van der Waals surface area contributed by atoms with Gasteiger partial charge in [-0.1, -0.05) is 18.5 Å². The number of ketones is 1. The molecule has 0 bridgehead atoms. The van der Waals surface area contributed by atoms with Crippen molar-refractivity contribution in [1.82, 2.24) is 9.97 Å². The maximum absolute atomic E-state index is 15.0. The van der Waals surface area contributed by atoms with Gasteiger partial charge in [-0.25, -0.2) is 22.2 Å². The highest BCUT2D eigenvalue weighted by Crippen LogP contribution is 2.30. The van der Waals surface area contributed by atoms with Crippen LogP contribution in [0, 0.1) is 11.6 Å². The van der Waals surface area contributed by atoms with E-state index in [1.54, 1.807) is 19.1 Å². The molecule has 0 unspecified atom stereocenters. The smallest absolute Gasteiger partial charge is 0.232 e. The molecule has 2 aromatic heterocycles. The largest absolute Gasteiger partial charge is 0.339 e. The number of carbonyl (C=O) groups excluding carboxylic acids is 1. The molecular weight excluding hydrogens is 448 g/mol. The van der Waals surface area contributed by atoms with Gasteiger partial charge in [0.15, 0.2) is 11.6 Å². The number of hydrogen-bond acceptors (Lipinski definition) is 4. The Labute approximate surface area is 181 Å². The van der Waals surface area contributed by atoms with Crippen LogP contribution in [0.15, 0.2) is 42.6 Å². The van der Waals surface area contributed by atoms with Crippen LogP contribution in [0.2, 0.25) is 5.02 Å². The molecule has 6 nitrogen and oxygen atoms in total. The second kappa shape index (κ2) is 7.90. The molecule has 4 rings (SSSR count). The van der Waals surface area contributed by atoms with Gasteiger partial charge >= 0.3 is 0 Å². The molecule has 0 saturated heterocycles. The number of halogens is 3. The van der Waals surface area contributed by atoms with E-state index in [1.165, 1.54) is 18.3 Å². The lowest BCUT2D eigenvalue weighted by molar-refractivity contribution is 0.103. The van der Waals surface area contributed by atoms with Gasteiger partial charge in [0.2, 0.25) is 10.0 Å². The highest BCUT2D eigenvalue weighted by atomic mass is 35.5. The summed E-state index contributed by atoms with van der Waals surface area (Å²) in [6, 6.07) is 7.98. The summed E-state index contributed by atoms with van der Waals surface area (Å²) in [7, 11) is -3.82. The molecule has 0 aliphatic rings. The summed E-state index contributed by atoms with van der Waals surface area (Å²) in [5.41, 5.74) is -0.0776. The number of hydrogen-bond donors (Lipinski definition) is 2. The van der Waals surface area contributed by atoms with E-state index in [0.29, 0.717) is 33.4 Å². The number of fused-ring (bicyclic) bond motifs is 3. The van der Waals surface area contributed by atoms with Gasteiger partial charge in [0, 0.05) is 28.0 Å². The van der Waals surface area contributed by atoms with E-state index >= 15 is 0 Å². The van der Waals surface area contributed by atoms with Crippen LogP contribution in [-0.4, -0.2) is 29.9 Å². The molecule has 10 heteroatoms. The third-order valence-corrected chi connectivity index (χ3v) is 6.42. The van der Waals surface area contributed by atoms with Crippen molar-refractivity contribution < 1.29 is 22.0 Å². The number of sulfonamides is 1. The summed E-state index contributed by atoms with van der Waals surface area (Å²) < 4.78 is 55.4. The van der Waals surface area contributed by atoms with Crippen LogP contribution in [-0.2, 0) is 10.0 Å². The van der Waals surface area contributed by atoms with Crippen molar-refractivity contribution >= 4 is 55.0 Å². The molecule has 0 radical (unpaired) electrons. The fourth-order valence-electron chi connectivity index (χ4n) is 3.36. The number of H-pyrrole nitrogens is 1. The molecule has 2 heterocycles. The number of anilines is 1. The minimum Gasteiger partial charge on any atom is -0.339 e. The summed E-state index contributed by atoms with van der Waals surface area (Å²) in [5.74, 6) is -3.52. The predicted molar refractivity (Wildman–Crippen MR) is 116 cm³/mol. The molecule has 160 valence electrons. The van der Waals surface area contributed by atoms with Crippen LogP contribution < -0.4 is 4.72 Å². The third kappa shape index (κ3) is 3.98. The Morgan fingerprint density at radius 1 is 1.16 bits per heavy atom. The Morgan fingerprint density at radius 3 is 2.68 bits per heavy atom. The van der Waals surface area contributed by atoms with Crippen molar-refractivity contribution in [3.63, 3.8) is 0 Å². The highest BCUT2D eigenvalue weighted by molar-refractivity contribution is 7.92. The molecular formula is C21H16ClF2N3O3S. The fraction of sp³-hybridized carbons (Fsp3) is 0.143. The first kappa shape index (κ1) is 21.2. The summed E-state index contributed by atoms with van der Waals surface area (Å²) in [6.07, 6.45) is 1.79. The molecule has 2 aromatic carbocycles. The molecule has 0 fully saturated rings. The summed E-state index contributed by atoms with van der Waals surface area (Å²) in [6.45, 7) is 1.65. The first-order valence-corrected chi connectivity index (χ1v) is 11.3. The number of aromatic nitrogens is 2. The lowest BCUT2D eigenvalue weighted by atomic mass is 10.00. The number of pyridine rings is 1. The zero-order valence-corrected chi connectivity index (χ0v) is 17.7. The second-order valence-corrected chi connectivity index (χ2v) is 9.25. The van der Waals surface area contributed by atoms with Crippen molar-refractivity contribution in [3.8, 4) is 0 Å². The molecule has 2 N–H and O–H groups in total. The van der Waals surface area contributed by atoms with E-state index in [1.807, 2.05) is 0 Å². The Balaban J connectivity index is 1.80. The number of nitrogens with zero attached hydrogens (tertiary/aromatic N) is 1. The van der Waals surface area contributed by atoms with Crippen molar-refractivity contribution in [2.24, 2.45) is 0 Å². The van der Waals surface area contributed by atoms with E-state index < -0.39 is 38.7 Å². The first-order valence-electron chi connectivity index (χ1n) is 9.30. The topological polar surface area (TPSA) is 91.9 Å². The van der Waals surface area contributed by atoms with Gasteiger partial charge in [-0.15, -0.1) is 0 Å². The lowest BCUT2D eigenvalue weighted by Gasteiger charge is -2.11. The number of rotatable bonds is 6. The van der Waals surface area contributed by atoms with Crippen molar-refractivity contribution in [2.45, 2.75) is 13.3 Å². The summed E-state index contributed by atoms with van der Waals surface area (Å²) in [4.78, 5) is 20.2. The van der Waals surface area contributed by atoms with Crippen LogP contribution >= 0.6 is 11.6 Å². The molecule has 0 amide bonds. The van der Waals surface area contributed by atoms with E-state index in [4.69, 9.17) is 11.6 Å². The maximum Gasteiger partial charge on any atom is 0.232 e. The average molecular weight is 464 g/mol. The maximum atomic E-state index is 15.0. The zero-order chi connectivity index (χ0) is 22.3. The van der Waals surface area contributed by atoms with Gasteiger partial charge in [-0.2, -0.15) is 0 Å². The Hall–Kier alpha value is -3.04. The normalized spacial score (nSPS) is 11.9. The van der Waals surface area contributed by atoms with E-state index in [2.05, 4.69) is 14.7 Å². The van der Waals surface area contributed by atoms with Crippen LogP contribution in [0.1, 0.15) is 29.3 Å². The quantitative estimate of drug-likeness (QED) is 0.392. The Kier molecular flexibility index (Phi) is 5.40. The summed E-state index contributed by atoms with van der Waals surface area (Å²) in [5, 5.41) is 1.66. The molecule has 0 spiro atoms. The Morgan fingerprint density at radius 2 is 1.94 bits per heavy atom. The second-order valence-electron chi connectivity index (χ2n) is 6.97. The monoisotopic (exact) mass is 463 g/mol. The number of benzene rings is 2. The van der Waals surface area contributed by atoms with Crippen molar-refractivity contribution in [1.29, 1.82) is 0 Å². The summed E-state index contributed by atoms with van der Waals surface area (Å²) >= 11 is 6.01. The first-order chi connectivity index (χ1) is 14.7.